The Labute approximate surface area is 118 Å². The van der Waals surface area contributed by atoms with Gasteiger partial charge < -0.3 is 0 Å². The minimum atomic E-state index is -2.70. The molecule has 5 nitrogen and oxygen atoms in total. The van der Waals surface area contributed by atoms with Gasteiger partial charge in [0.05, 0.1) is 12.1 Å². The zero-order valence-electron chi connectivity index (χ0n) is 11.3. The van der Waals surface area contributed by atoms with Gasteiger partial charge in [-0.05, 0) is 13.8 Å². The van der Waals surface area contributed by atoms with Crippen LogP contribution in [0.2, 0.25) is 0 Å². The van der Waals surface area contributed by atoms with Gasteiger partial charge in [-0.2, -0.15) is 13.9 Å². The number of hydrogen-bond acceptors (Lipinski definition) is 4. The second kappa shape index (κ2) is 5.66. The molecule has 0 atom stereocenters. The molecule has 108 valence electrons. The van der Waals surface area contributed by atoms with Gasteiger partial charge >= 0.3 is 6.55 Å². The van der Waals surface area contributed by atoms with Crippen molar-refractivity contribution >= 4 is 22.4 Å². The number of hydrogen-bond donors (Lipinski definition) is 0. The average molecular weight is 300 g/mol. The van der Waals surface area contributed by atoms with Gasteiger partial charge in [0.2, 0.25) is 5.91 Å². The van der Waals surface area contributed by atoms with Gasteiger partial charge in [0.25, 0.3) is 0 Å². The van der Waals surface area contributed by atoms with Crippen LogP contribution in [0, 0.1) is 13.8 Å². The Morgan fingerprint density at radius 1 is 1.50 bits per heavy atom. The van der Waals surface area contributed by atoms with Gasteiger partial charge in [0, 0.05) is 29.9 Å². The SMILES string of the molecule is Cc1nn(C(F)F)c(C)c1CC(=O)N(C)c1nccs1. The largest absolute Gasteiger partial charge is 0.333 e. The summed E-state index contributed by atoms with van der Waals surface area (Å²) in [6.07, 6.45) is 1.63. The van der Waals surface area contributed by atoms with Crippen LogP contribution in [0.5, 0.6) is 0 Å². The molecule has 0 spiro atoms. The third-order valence-corrected chi connectivity index (χ3v) is 3.92. The van der Waals surface area contributed by atoms with E-state index in [2.05, 4.69) is 10.1 Å². The molecule has 0 bridgehead atoms. The van der Waals surface area contributed by atoms with Crippen molar-refractivity contribution in [3.8, 4) is 0 Å². The quantitative estimate of drug-likeness (QED) is 0.872. The Bertz CT molecular complexity index is 609. The summed E-state index contributed by atoms with van der Waals surface area (Å²) in [7, 11) is 1.61. The molecule has 2 aromatic rings. The summed E-state index contributed by atoms with van der Waals surface area (Å²) >= 11 is 1.34. The third-order valence-electron chi connectivity index (χ3n) is 3.07. The Hall–Kier alpha value is -1.83. The Morgan fingerprint density at radius 3 is 2.70 bits per heavy atom. The first-order chi connectivity index (χ1) is 9.41. The molecule has 0 aliphatic heterocycles. The van der Waals surface area contributed by atoms with Gasteiger partial charge in [-0.15, -0.1) is 11.3 Å². The maximum absolute atomic E-state index is 12.7. The number of nitrogens with zero attached hydrogens (tertiary/aromatic N) is 4. The monoisotopic (exact) mass is 300 g/mol. The lowest BCUT2D eigenvalue weighted by molar-refractivity contribution is -0.117. The minimum Gasteiger partial charge on any atom is -0.291 e. The molecule has 0 saturated carbocycles. The van der Waals surface area contributed by atoms with Crippen molar-refractivity contribution in [2.45, 2.75) is 26.8 Å². The fourth-order valence-electron chi connectivity index (χ4n) is 1.90. The van der Waals surface area contributed by atoms with Gasteiger partial charge in [0.15, 0.2) is 5.13 Å². The predicted molar refractivity (Wildman–Crippen MR) is 72.2 cm³/mol. The van der Waals surface area contributed by atoms with Crippen LogP contribution in [0.1, 0.15) is 23.5 Å². The highest BCUT2D eigenvalue weighted by atomic mass is 32.1. The van der Waals surface area contributed by atoms with Crippen molar-refractivity contribution in [1.29, 1.82) is 0 Å². The number of halogens is 2. The topological polar surface area (TPSA) is 51.0 Å². The van der Waals surface area contributed by atoms with E-state index in [0.717, 1.165) is 0 Å². The van der Waals surface area contributed by atoms with E-state index in [9.17, 15) is 13.6 Å². The molecule has 1 amide bonds. The summed E-state index contributed by atoms with van der Waals surface area (Å²) < 4.78 is 26.1. The van der Waals surface area contributed by atoms with E-state index >= 15 is 0 Å². The molecular weight excluding hydrogens is 286 g/mol. The number of likely N-dealkylation sites (N-methyl/N-ethyl adjacent to an activating group) is 1. The molecule has 0 radical (unpaired) electrons. The van der Waals surface area contributed by atoms with Crippen molar-refractivity contribution in [2.75, 3.05) is 11.9 Å². The molecule has 8 heteroatoms. The number of anilines is 1. The zero-order chi connectivity index (χ0) is 14.9. The van der Waals surface area contributed by atoms with E-state index in [4.69, 9.17) is 0 Å². The molecule has 0 aliphatic rings. The van der Waals surface area contributed by atoms with E-state index in [-0.39, 0.29) is 12.3 Å². The zero-order valence-corrected chi connectivity index (χ0v) is 12.1. The highest BCUT2D eigenvalue weighted by Gasteiger charge is 2.21. The van der Waals surface area contributed by atoms with Gasteiger partial charge in [-0.25, -0.2) is 9.67 Å². The molecule has 0 N–H and O–H groups in total. The molecular formula is C12H14F2N4OS. The number of aryl methyl sites for hydroxylation is 1. The van der Waals surface area contributed by atoms with Crippen LogP contribution in [0.4, 0.5) is 13.9 Å². The molecule has 2 heterocycles. The summed E-state index contributed by atoms with van der Waals surface area (Å²) in [4.78, 5) is 17.6. The molecule has 20 heavy (non-hydrogen) atoms. The molecule has 2 aromatic heterocycles. The highest BCUT2D eigenvalue weighted by Crippen LogP contribution is 2.22. The van der Waals surface area contributed by atoms with E-state index in [0.29, 0.717) is 26.8 Å². The highest BCUT2D eigenvalue weighted by molar-refractivity contribution is 7.13. The summed E-state index contributed by atoms with van der Waals surface area (Å²) in [5.41, 5.74) is 1.31. The fourth-order valence-corrected chi connectivity index (χ4v) is 2.53. The standard InChI is InChI=1S/C12H14F2N4OS/c1-7-9(8(2)18(16-7)11(13)14)6-10(19)17(3)12-15-4-5-20-12/h4-5,11H,6H2,1-3H3. The first-order valence-electron chi connectivity index (χ1n) is 5.90. The number of rotatable bonds is 4. The van der Waals surface area contributed by atoms with Crippen LogP contribution in [-0.2, 0) is 11.2 Å². The van der Waals surface area contributed by atoms with Gasteiger partial charge in [0.1, 0.15) is 0 Å². The number of carbonyl (C=O) groups is 1. The number of carbonyl (C=O) groups excluding carboxylic acids is 1. The van der Waals surface area contributed by atoms with Crippen molar-refractivity contribution in [3.63, 3.8) is 0 Å². The Balaban J connectivity index is 2.20. The first-order valence-corrected chi connectivity index (χ1v) is 6.78. The van der Waals surface area contributed by atoms with E-state index < -0.39 is 6.55 Å². The van der Waals surface area contributed by atoms with E-state index in [1.807, 2.05) is 0 Å². The van der Waals surface area contributed by atoms with Crippen molar-refractivity contribution < 1.29 is 13.6 Å². The lowest BCUT2D eigenvalue weighted by atomic mass is 10.1. The normalized spacial score (nSPS) is 11.1. The molecule has 0 aromatic carbocycles. The summed E-state index contributed by atoms with van der Waals surface area (Å²) in [5, 5.41) is 6.11. The summed E-state index contributed by atoms with van der Waals surface area (Å²) in [5.74, 6) is -0.208. The molecule has 0 unspecified atom stereocenters. The maximum Gasteiger partial charge on any atom is 0.333 e. The van der Waals surface area contributed by atoms with Crippen LogP contribution < -0.4 is 4.90 Å². The van der Waals surface area contributed by atoms with Gasteiger partial charge in [-0.3, -0.25) is 9.69 Å². The summed E-state index contributed by atoms with van der Waals surface area (Å²) in [6, 6.07) is 0. The van der Waals surface area contributed by atoms with Crippen LogP contribution in [0.15, 0.2) is 11.6 Å². The lowest BCUT2D eigenvalue weighted by Gasteiger charge is -2.13. The smallest absolute Gasteiger partial charge is 0.291 e. The van der Waals surface area contributed by atoms with E-state index in [1.165, 1.54) is 23.2 Å². The predicted octanol–water partition coefficient (Wildman–Crippen LogP) is 2.56. The number of aromatic nitrogens is 3. The van der Waals surface area contributed by atoms with Gasteiger partial charge in [-0.1, -0.05) is 0 Å². The van der Waals surface area contributed by atoms with Crippen LogP contribution in [0.3, 0.4) is 0 Å². The number of alkyl halides is 2. The van der Waals surface area contributed by atoms with Crippen molar-refractivity contribution in [1.82, 2.24) is 14.8 Å². The fraction of sp³-hybridized carbons (Fsp3) is 0.417. The second-order valence-electron chi connectivity index (χ2n) is 4.32. The Morgan fingerprint density at radius 2 is 2.20 bits per heavy atom. The Kier molecular flexibility index (Phi) is 4.12. The van der Waals surface area contributed by atoms with Crippen LogP contribution >= 0.6 is 11.3 Å². The minimum absolute atomic E-state index is 0.0282. The van der Waals surface area contributed by atoms with Crippen LogP contribution in [-0.4, -0.2) is 27.7 Å². The van der Waals surface area contributed by atoms with Crippen molar-refractivity contribution in [3.05, 3.63) is 28.5 Å². The number of amides is 1. The van der Waals surface area contributed by atoms with E-state index in [1.54, 1.807) is 25.5 Å². The average Bonchev–Trinajstić information content (AvgIpc) is 3.01. The molecule has 0 saturated heterocycles. The molecule has 0 aliphatic carbocycles. The summed E-state index contributed by atoms with van der Waals surface area (Å²) in [6.45, 7) is 0.463. The number of thiazole rings is 1. The lowest BCUT2D eigenvalue weighted by Crippen LogP contribution is -2.28. The van der Waals surface area contributed by atoms with Crippen molar-refractivity contribution in [2.24, 2.45) is 0 Å². The third kappa shape index (κ3) is 2.69. The second-order valence-corrected chi connectivity index (χ2v) is 5.19. The maximum atomic E-state index is 12.7. The van der Waals surface area contributed by atoms with Crippen LogP contribution in [0.25, 0.3) is 0 Å². The molecule has 0 fully saturated rings. The first kappa shape index (κ1) is 14.6. The molecule has 2 rings (SSSR count).